The number of ether oxygens (including phenoxy) is 1. The summed E-state index contributed by atoms with van der Waals surface area (Å²) >= 11 is 0. The highest BCUT2D eigenvalue weighted by molar-refractivity contribution is 5.79. The fourth-order valence-electron chi connectivity index (χ4n) is 2.13. The van der Waals surface area contributed by atoms with Crippen LogP contribution >= 0.6 is 0 Å². The number of benzene rings is 2. The van der Waals surface area contributed by atoms with Crippen LogP contribution in [0.1, 0.15) is 23.6 Å². The molecule has 0 aliphatic heterocycles. The molecule has 0 bridgehead atoms. The molecule has 5 heteroatoms. The fraction of sp³-hybridized carbons (Fsp3) is 0.263. The number of hydrogen-bond donors (Lipinski definition) is 1. The third-order valence-corrected chi connectivity index (χ3v) is 3.53. The van der Waals surface area contributed by atoms with Crippen LogP contribution in [0.15, 0.2) is 53.7 Å². The summed E-state index contributed by atoms with van der Waals surface area (Å²) in [5.74, 6) is 0.506. The number of aryl methyl sites for hydroxylation is 1. The molecule has 24 heavy (non-hydrogen) atoms. The van der Waals surface area contributed by atoms with Crippen molar-refractivity contribution in [3.63, 3.8) is 0 Å². The van der Waals surface area contributed by atoms with Crippen LogP contribution in [0, 0.1) is 0 Å². The molecule has 2 rings (SSSR count). The molecule has 0 fully saturated rings. The van der Waals surface area contributed by atoms with Gasteiger partial charge in [0.25, 0.3) is 5.91 Å². The summed E-state index contributed by atoms with van der Waals surface area (Å²) in [7, 11) is 1.60. The number of nitrogens with zero attached hydrogens (tertiary/aromatic N) is 1. The Kier molecular flexibility index (Phi) is 6.83. The molecule has 0 saturated carbocycles. The number of carbonyl (C=O) groups excluding carboxylic acids is 1. The lowest BCUT2D eigenvalue weighted by Crippen LogP contribution is -2.26. The van der Waals surface area contributed by atoms with Gasteiger partial charge >= 0.3 is 0 Å². The number of amides is 1. The first kappa shape index (κ1) is 17.5. The summed E-state index contributed by atoms with van der Waals surface area (Å²) < 4.78 is 5.24. The van der Waals surface area contributed by atoms with Crippen LogP contribution in [0.2, 0.25) is 0 Å². The molecule has 0 spiro atoms. The minimum Gasteiger partial charge on any atom is -0.496 e. The van der Waals surface area contributed by atoms with Crippen molar-refractivity contribution in [1.29, 1.82) is 0 Å². The maximum absolute atomic E-state index is 11.8. The third-order valence-electron chi connectivity index (χ3n) is 3.53. The Labute approximate surface area is 142 Å². The van der Waals surface area contributed by atoms with Gasteiger partial charge in [0.05, 0.1) is 13.3 Å². The lowest BCUT2D eigenvalue weighted by atomic mass is 10.1. The summed E-state index contributed by atoms with van der Waals surface area (Å²) in [6, 6.07) is 15.6. The van der Waals surface area contributed by atoms with Crippen LogP contribution in [-0.4, -0.2) is 25.8 Å². The largest absolute Gasteiger partial charge is 0.496 e. The van der Waals surface area contributed by atoms with Gasteiger partial charge in [0.15, 0.2) is 6.61 Å². The summed E-state index contributed by atoms with van der Waals surface area (Å²) in [6.45, 7) is 2.36. The molecule has 1 N–H and O–H groups in total. The zero-order valence-corrected chi connectivity index (χ0v) is 14.0. The predicted molar refractivity (Wildman–Crippen MR) is 94.2 cm³/mol. The lowest BCUT2D eigenvalue weighted by molar-refractivity contribution is -0.125. The van der Waals surface area contributed by atoms with E-state index in [1.807, 2.05) is 48.5 Å². The van der Waals surface area contributed by atoms with Gasteiger partial charge in [0.1, 0.15) is 5.75 Å². The van der Waals surface area contributed by atoms with Crippen molar-refractivity contribution in [2.24, 2.45) is 5.16 Å². The van der Waals surface area contributed by atoms with E-state index in [0.29, 0.717) is 6.54 Å². The summed E-state index contributed by atoms with van der Waals surface area (Å²) in [6.07, 6.45) is 2.59. The first-order chi connectivity index (χ1) is 11.7. The maximum atomic E-state index is 11.8. The van der Waals surface area contributed by atoms with Gasteiger partial charge < -0.3 is 14.9 Å². The van der Waals surface area contributed by atoms with E-state index in [2.05, 4.69) is 17.4 Å². The molecule has 0 atom stereocenters. The highest BCUT2D eigenvalue weighted by atomic mass is 16.6. The fourth-order valence-corrected chi connectivity index (χ4v) is 2.13. The quantitative estimate of drug-likeness (QED) is 0.599. The highest BCUT2D eigenvalue weighted by Crippen LogP contribution is 2.16. The molecule has 0 heterocycles. The average Bonchev–Trinajstić information content (AvgIpc) is 2.64. The number of para-hydroxylation sites is 1. The van der Waals surface area contributed by atoms with Crippen molar-refractivity contribution in [2.45, 2.75) is 19.9 Å². The van der Waals surface area contributed by atoms with Gasteiger partial charge in [-0.25, -0.2) is 0 Å². The van der Waals surface area contributed by atoms with E-state index in [0.717, 1.165) is 23.3 Å². The monoisotopic (exact) mass is 326 g/mol. The van der Waals surface area contributed by atoms with E-state index >= 15 is 0 Å². The predicted octanol–water partition coefficient (Wildman–Crippen LogP) is 2.92. The van der Waals surface area contributed by atoms with Crippen LogP contribution in [-0.2, 0) is 22.6 Å². The Morgan fingerprint density at radius 3 is 2.62 bits per heavy atom. The smallest absolute Gasteiger partial charge is 0.261 e. The zero-order valence-electron chi connectivity index (χ0n) is 14.0. The van der Waals surface area contributed by atoms with Gasteiger partial charge in [0.2, 0.25) is 0 Å². The van der Waals surface area contributed by atoms with Gasteiger partial charge in [0, 0.05) is 12.1 Å². The SMILES string of the molecule is CCc1ccc(/C=N\OCC(=O)NCc2ccccc2OC)cc1. The number of oxime groups is 1. The molecule has 2 aromatic carbocycles. The van der Waals surface area contributed by atoms with Gasteiger partial charge in [-0.3, -0.25) is 4.79 Å². The molecule has 0 aromatic heterocycles. The highest BCUT2D eigenvalue weighted by Gasteiger charge is 2.05. The molecule has 0 unspecified atom stereocenters. The first-order valence-electron chi connectivity index (χ1n) is 7.85. The van der Waals surface area contributed by atoms with Gasteiger partial charge in [-0.2, -0.15) is 0 Å². The molecular formula is C19H22N2O3. The molecule has 0 aliphatic carbocycles. The van der Waals surface area contributed by atoms with E-state index in [-0.39, 0.29) is 12.5 Å². The Morgan fingerprint density at radius 2 is 1.92 bits per heavy atom. The van der Waals surface area contributed by atoms with Crippen LogP contribution < -0.4 is 10.1 Å². The molecular weight excluding hydrogens is 304 g/mol. The lowest BCUT2D eigenvalue weighted by Gasteiger charge is -2.08. The maximum Gasteiger partial charge on any atom is 0.261 e. The summed E-state index contributed by atoms with van der Waals surface area (Å²) in [5.41, 5.74) is 3.11. The minimum atomic E-state index is -0.237. The van der Waals surface area contributed by atoms with E-state index in [1.165, 1.54) is 5.56 Å². The van der Waals surface area contributed by atoms with Crippen LogP contribution in [0.5, 0.6) is 5.75 Å². The van der Waals surface area contributed by atoms with Crippen molar-refractivity contribution < 1.29 is 14.4 Å². The first-order valence-corrected chi connectivity index (χ1v) is 7.85. The summed E-state index contributed by atoms with van der Waals surface area (Å²) in [4.78, 5) is 16.8. The third kappa shape index (κ3) is 5.43. The second kappa shape index (κ2) is 9.35. The Morgan fingerprint density at radius 1 is 1.17 bits per heavy atom. The Balaban J connectivity index is 1.73. The van der Waals surface area contributed by atoms with Crippen LogP contribution in [0.4, 0.5) is 0 Å². The number of nitrogens with one attached hydrogen (secondary N) is 1. The second-order valence-electron chi connectivity index (χ2n) is 5.19. The van der Waals surface area contributed by atoms with Gasteiger partial charge in [-0.1, -0.05) is 54.5 Å². The molecule has 5 nitrogen and oxygen atoms in total. The Hall–Kier alpha value is -2.82. The van der Waals surface area contributed by atoms with Crippen LogP contribution in [0.25, 0.3) is 0 Å². The number of carbonyl (C=O) groups is 1. The summed E-state index contributed by atoms with van der Waals surface area (Å²) in [5, 5.41) is 6.58. The number of methoxy groups -OCH3 is 1. The average molecular weight is 326 g/mol. The molecule has 2 aromatic rings. The van der Waals surface area contributed by atoms with Crippen molar-refractivity contribution in [2.75, 3.05) is 13.7 Å². The second-order valence-corrected chi connectivity index (χ2v) is 5.19. The molecule has 0 aliphatic rings. The van der Waals surface area contributed by atoms with E-state index in [9.17, 15) is 4.79 Å². The standard InChI is InChI=1S/C19H22N2O3/c1-3-15-8-10-16(11-9-15)12-21-24-14-19(22)20-13-17-6-4-5-7-18(17)23-2/h4-12H,3,13-14H2,1-2H3,(H,20,22)/b21-12-. The van der Waals surface area contributed by atoms with E-state index < -0.39 is 0 Å². The molecule has 0 saturated heterocycles. The topological polar surface area (TPSA) is 59.9 Å². The molecule has 0 radical (unpaired) electrons. The van der Waals surface area contributed by atoms with E-state index in [1.54, 1.807) is 13.3 Å². The van der Waals surface area contributed by atoms with Crippen LogP contribution in [0.3, 0.4) is 0 Å². The van der Waals surface area contributed by atoms with Crippen molar-refractivity contribution in [3.05, 3.63) is 65.2 Å². The van der Waals surface area contributed by atoms with Crippen molar-refractivity contribution in [1.82, 2.24) is 5.32 Å². The van der Waals surface area contributed by atoms with E-state index in [4.69, 9.17) is 9.57 Å². The van der Waals surface area contributed by atoms with Gasteiger partial charge in [-0.05, 0) is 23.6 Å². The van der Waals surface area contributed by atoms with Crippen molar-refractivity contribution in [3.8, 4) is 5.75 Å². The van der Waals surface area contributed by atoms with Crippen molar-refractivity contribution >= 4 is 12.1 Å². The molecule has 1 amide bonds. The van der Waals surface area contributed by atoms with Gasteiger partial charge in [-0.15, -0.1) is 0 Å². The number of rotatable bonds is 8. The number of hydrogen-bond acceptors (Lipinski definition) is 4. The minimum absolute atomic E-state index is 0.126. The molecule has 126 valence electrons. The zero-order chi connectivity index (χ0) is 17.2. The Bertz CT molecular complexity index is 681. The normalized spacial score (nSPS) is 10.6.